The smallest absolute Gasteiger partial charge is 0.258 e. The Labute approximate surface area is 135 Å². The van der Waals surface area contributed by atoms with E-state index in [-0.39, 0.29) is 24.0 Å². The molecule has 0 saturated heterocycles. The maximum atomic E-state index is 12.4. The van der Waals surface area contributed by atoms with Gasteiger partial charge in [0.05, 0.1) is 11.5 Å². The van der Waals surface area contributed by atoms with Crippen LogP contribution in [0.2, 0.25) is 0 Å². The molecule has 1 amide bonds. The number of sulfonamides is 1. The van der Waals surface area contributed by atoms with Crippen LogP contribution in [0.3, 0.4) is 0 Å². The number of amides is 1. The van der Waals surface area contributed by atoms with Crippen molar-refractivity contribution in [3.63, 3.8) is 0 Å². The number of hydrogen-bond acceptors (Lipinski definition) is 4. The van der Waals surface area contributed by atoms with Crippen molar-refractivity contribution in [3.05, 3.63) is 60.2 Å². The highest BCUT2D eigenvalue weighted by Gasteiger charge is 2.16. The fourth-order valence-electron chi connectivity index (χ4n) is 2.00. The third kappa shape index (κ3) is 4.16. The fourth-order valence-corrected chi connectivity index (χ4v) is 3.02. The average molecular weight is 334 g/mol. The number of benzene rings is 2. The summed E-state index contributed by atoms with van der Waals surface area (Å²) in [5, 5.41) is 8.69. The Kier molecular flexibility index (Phi) is 5.49. The highest BCUT2D eigenvalue weighted by atomic mass is 32.2. The highest BCUT2D eigenvalue weighted by Crippen LogP contribution is 2.16. The van der Waals surface area contributed by atoms with E-state index in [0.717, 1.165) is 5.69 Å². The third-order valence-electron chi connectivity index (χ3n) is 3.26. The molecule has 2 rings (SSSR count). The first-order valence-electron chi connectivity index (χ1n) is 6.99. The maximum absolute atomic E-state index is 12.4. The zero-order valence-electron chi connectivity index (χ0n) is 12.6. The lowest BCUT2D eigenvalue weighted by Gasteiger charge is -2.17. The summed E-state index contributed by atoms with van der Waals surface area (Å²) in [6.07, 6.45) is 0. The first-order chi connectivity index (χ1) is 11.0. The van der Waals surface area contributed by atoms with Gasteiger partial charge in [0.1, 0.15) is 0 Å². The standard InChI is InChI=1S/C16H18N2O4S/c1-18(14-5-3-2-4-6-14)16(20)13-7-9-15(10-8-13)23(21,22)17-11-12-19/h2-10,17,19H,11-12H2,1H3. The van der Waals surface area contributed by atoms with Crippen molar-refractivity contribution in [2.75, 3.05) is 25.1 Å². The molecule has 0 heterocycles. The van der Waals surface area contributed by atoms with Crippen molar-refractivity contribution in [3.8, 4) is 0 Å². The minimum Gasteiger partial charge on any atom is -0.395 e. The predicted molar refractivity (Wildman–Crippen MR) is 87.9 cm³/mol. The lowest BCUT2D eigenvalue weighted by Crippen LogP contribution is -2.27. The summed E-state index contributed by atoms with van der Waals surface area (Å²) in [4.78, 5) is 13.9. The number of para-hydroxylation sites is 1. The summed E-state index contributed by atoms with van der Waals surface area (Å²) >= 11 is 0. The number of nitrogens with one attached hydrogen (secondary N) is 1. The molecule has 7 heteroatoms. The van der Waals surface area contributed by atoms with Gasteiger partial charge in [-0.1, -0.05) is 18.2 Å². The lowest BCUT2D eigenvalue weighted by molar-refractivity contribution is 0.0993. The van der Waals surface area contributed by atoms with Crippen LogP contribution < -0.4 is 9.62 Å². The van der Waals surface area contributed by atoms with E-state index < -0.39 is 10.0 Å². The van der Waals surface area contributed by atoms with E-state index in [4.69, 9.17) is 5.11 Å². The van der Waals surface area contributed by atoms with Gasteiger partial charge in [0.15, 0.2) is 0 Å². The van der Waals surface area contributed by atoms with Gasteiger partial charge in [-0.2, -0.15) is 0 Å². The molecular weight excluding hydrogens is 316 g/mol. The van der Waals surface area contributed by atoms with E-state index in [0.29, 0.717) is 5.56 Å². The number of aliphatic hydroxyl groups is 1. The molecule has 2 aromatic carbocycles. The zero-order chi connectivity index (χ0) is 16.9. The molecule has 0 spiro atoms. The van der Waals surface area contributed by atoms with Gasteiger partial charge < -0.3 is 10.0 Å². The van der Waals surface area contributed by atoms with E-state index in [2.05, 4.69) is 4.72 Å². The van der Waals surface area contributed by atoms with Crippen molar-refractivity contribution in [1.82, 2.24) is 4.72 Å². The number of nitrogens with zero attached hydrogens (tertiary/aromatic N) is 1. The van der Waals surface area contributed by atoms with E-state index in [1.165, 1.54) is 29.2 Å². The number of hydrogen-bond donors (Lipinski definition) is 2. The van der Waals surface area contributed by atoms with Gasteiger partial charge >= 0.3 is 0 Å². The molecule has 122 valence electrons. The van der Waals surface area contributed by atoms with Crippen LogP contribution in [-0.2, 0) is 10.0 Å². The first-order valence-corrected chi connectivity index (χ1v) is 8.48. The van der Waals surface area contributed by atoms with Crippen LogP contribution in [0.25, 0.3) is 0 Å². The molecule has 0 saturated carbocycles. The third-order valence-corrected chi connectivity index (χ3v) is 4.74. The first kappa shape index (κ1) is 17.1. The quantitative estimate of drug-likeness (QED) is 0.832. The van der Waals surface area contributed by atoms with Crippen molar-refractivity contribution in [1.29, 1.82) is 0 Å². The molecule has 0 atom stereocenters. The number of rotatable bonds is 6. The zero-order valence-corrected chi connectivity index (χ0v) is 13.5. The van der Waals surface area contributed by atoms with Gasteiger partial charge in [-0.15, -0.1) is 0 Å². The molecule has 0 aliphatic carbocycles. The monoisotopic (exact) mass is 334 g/mol. The van der Waals surface area contributed by atoms with Crippen molar-refractivity contribution in [2.45, 2.75) is 4.90 Å². The summed E-state index contributed by atoms with van der Waals surface area (Å²) in [6.45, 7) is -0.336. The molecule has 0 aromatic heterocycles. The highest BCUT2D eigenvalue weighted by molar-refractivity contribution is 7.89. The molecule has 0 unspecified atom stereocenters. The van der Waals surface area contributed by atoms with Crippen LogP contribution in [0.5, 0.6) is 0 Å². The second-order valence-electron chi connectivity index (χ2n) is 4.85. The fraction of sp³-hybridized carbons (Fsp3) is 0.188. The summed E-state index contributed by atoms with van der Waals surface area (Å²) in [7, 11) is -2.01. The Morgan fingerprint density at radius 3 is 2.26 bits per heavy atom. The molecule has 0 fully saturated rings. The van der Waals surface area contributed by atoms with E-state index in [1.807, 2.05) is 30.3 Å². The second kappa shape index (κ2) is 7.36. The van der Waals surface area contributed by atoms with Crippen LogP contribution in [0.15, 0.2) is 59.5 Å². The van der Waals surface area contributed by atoms with E-state index in [1.54, 1.807) is 7.05 Å². The number of aliphatic hydroxyl groups excluding tert-OH is 1. The van der Waals surface area contributed by atoms with Gasteiger partial charge in [0, 0.05) is 24.8 Å². The number of carbonyl (C=O) groups is 1. The van der Waals surface area contributed by atoms with Gasteiger partial charge in [0.25, 0.3) is 5.91 Å². The van der Waals surface area contributed by atoms with Gasteiger partial charge in [0.2, 0.25) is 10.0 Å². The van der Waals surface area contributed by atoms with Gasteiger partial charge in [-0.05, 0) is 36.4 Å². The minimum atomic E-state index is -3.67. The lowest BCUT2D eigenvalue weighted by atomic mass is 10.2. The minimum absolute atomic E-state index is 0.0462. The topological polar surface area (TPSA) is 86.7 Å². The van der Waals surface area contributed by atoms with Crippen LogP contribution in [0, 0.1) is 0 Å². The second-order valence-corrected chi connectivity index (χ2v) is 6.61. The Morgan fingerprint density at radius 2 is 1.70 bits per heavy atom. The molecule has 0 aliphatic heterocycles. The van der Waals surface area contributed by atoms with Gasteiger partial charge in [-0.3, -0.25) is 4.79 Å². The van der Waals surface area contributed by atoms with Crippen molar-refractivity contribution < 1.29 is 18.3 Å². The maximum Gasteiger partial charge on any atom is 0.258 e. The van der Waals surface area contributed by atoms with Crippen LogP contribution in [0.4, 0.5) is 5.69 Å². The Balaban J connectivity index is 2.18. The molecule has 0 aliphatic rings. The summed E-state index contributed by atoms with van der Waals surface area (Å²) < 4.78 is 26.1. The molecule has 0 bridgehead atoms. The predicted octanol–water partition coefficient (Wildman–Crippen LogP) is 1.23. The molecule has 2 N–H and O–H groups in total. The number of carbonyl (C=O) groups excluding carboxylic acids is 1. The van der Waals surface area contributed by atoms with Crippen LogP contribution in [-0.4, -0.2) is 39.6 Å². The molecule has 0 radical (unpaired) electrons. The summed E-state index contributed by atoms with van der Waals surface area (Å²) in [5.74, 6) is -0.233. The van der Waals surface area contributed by atoms with Gasteiger partial charge in [-0.25, -0.2) is 13.1 Å². The Hall–Kier alpha value is -2.22. The van der Waals surface area contributed by atoms with E-state index >= 15 is 0 Å². The van der Waals surface area contributed by atoms with Crippen molar-refractivity contribution in [2.24, 2.45) is 0 Å². The normalized spacial score (nSPS) is 11.2. The Morgan fingerprint density at radius 1 is 1.09 bits per heavy atom. The summed E-state index contributed by atoms with van der Waals surface area (Å²) in [5.41, 5.74) is 1.14. The molecule has 6 nitrogen and oxygen atoms in total. The Bertz CT molecular complexity index is 758. The molecular formula is C16H18N2O4S. The number of anilines is 1. The van der Waals surface area contributed by atoms with E-state index in [9.17, 15) is 13.2 Å². The largest absolute Gasteiger partial charge is 0.395 e. The van der Waals surface area contributed by atoms with Crippen molar-refractivity contribution >= 4 is 21.6 Å². The molecule has 23 heavy (non-hydrogen) atoms. The molecule has 2 aromatic rings. The summed E-state index contributed by atoms with van der Waals surface area (Å²) in [6, 6.07) is 14.8. The SMILES string of the molecule is CN(C(=O)c1ccc(S(=O)(=O)NCCO)cc1)c1ccccc1. The average Bonchev–Trinajstić information content (AvgIpc) is 2.59. The van der Waals surface area contributed by atoms with Crippen LogP contribution >= 0.6 is 0 Å². The van der Waals surface area contributed by atoms with Crippen LogP contribution in [0.1, 0.15) is 10.4 Å².